The molecule has 0 aromatic carbocycles. The molecule has 0 bridgehead atoms. The monoisotopic (exact) mass is 290 g/mol. The Morgan fingerprint density at radius 2 is 1.90 bits per heavy atom. The quantitative estimate of drug-likeness (QED) is 0.849. The van der Waals surface area contributed by atoms with E-state index in [1.54, 1.807) is 6.20 Å². The largest absolute Gasteiger partial charge is 0.514 e. The molecule has 114 valence electrons. The number of hydrogen-bond acceptors (Lipinski definition) is 5. The molecule has 6 heteroatoms. The molecule has 0 spiro atoms. The molecule has 0 radical (unpaired) electrons. The fourth-order valence-electron chi connectivity index (χ4n) is 2.27. The summed E-state index contributed by atoms with van der Waals surface area (Å²) in [4.78, 5) is 4.49. The lowest BCUT2D eigenvalue weighted by atomic mass is 9.81. The minimum Gasteiger partial charge on any atom is -0.489 e. The molecule has 21 heavy (non-hydrogen) atoms. The zero-order chi connectivity index (χ0) is 15.3. The first-order valence-electron chi connectivity index (χ1n) is 7.53. The van der Waals surface area contributed by atoms with E-state index in [1.807, 2.05) is 33.8 Å². The third-order valence-corrected chi connectivity index (χ3v) is 4.50. The van der Waals surface area contributed by atoms with Crippen molar-refractivity contribution in [2.75, 3.05) is 0 Å². The number of hydrogen-bond donors (Lipinski definition) is 1. The standard InChI is InChI=1S/C15H23BN2O3/c1-14(2)15(3,4)21-16(20-14)13-10(8-17)7-12(9-18-13)19-11-5-6-11/h7,9,11H,5-6,8,17H2,1-4H3. The Bertz CT molecular complexity index is 528. The van der Waals surface area contributed by atoms with Gasteiger partial charge >= 0.3 is 7.12 Å². The summed E-state index contributed by atoms with van der Waals surface area (Å²) < 4.78 is 17.9. The minimum absolute atomic E-state index is 0.347. The number of rotatable bonds is 4. The second-order valence-electron chi connectivity index (χ2n) is 6.82. The van der Waals surface area contributed by atoms with E-state index in [0.29, 0.717) is 12.6 Å². The summed E-state index contributed by atoms with van der Waals surface area (Å²) in [6.45, 7) is 8.49. The van der Waals surface area contributed by atoms with Crippen LogP contribution in [0.15, 0.2) is 12.3 Å². The second kappa shape index (κ2) is 4.97. The summed E-state index contributed by atoms with van der Waals surface area (Å²) in [5.74, 6) is 0.776. The zero-order valence-corrected chi connectivity index (χ0v) is 13.2. The van der Waals surface area contributed by atoms with Gasteiger partial charge in [0.05, 0.1) is 29.1 Å². The van der Waals surface area contributed by atoms with E-state index >= 15 is 0 Å². The van der Waals surface area contributed by atoms with Crippen LogP contribution in [0.3, 0.4) is 0 Å². The van der Waals surface area contributed by atoms with Crippen molar-refractivity contribution < 1.29 is 14.0 Å². The highest BCUT2D eigenvalue weighted by atomic mass is 16.7. The Kier molecular flexibility index (Phi) is 3.51. The Morgan fingerprint density at radius 1 is 1.29 bits per heavy atom. The van der Waals surface area contributed by atoms with E-state index in [4.69, 9.17) is 19.8 Å². The van der Waals surface area contributed by atoms with Crippen molar-refractivity contribution in [2.45, 2.75) is 64.4 Å². The van der Waals surface area contributed by atoms with Crippen LogP contribution in [0.5, 0.6) is 5.75 Å². The van der Waals surface area contributed by atoms with Crippen LogP contribution >= 0.6 is 0 Å². The molecule has 1 saturated carbocycles. The number of ether oxygens (including phenoxy) is 1. The molecule has 2 N–H and O–H groups in total. The van der Waals surface area contributed by atoms with E-state index in [9.17, 15) is 0 Å². The molecule has 1 saturated heterocycles. The van der Waals surface area contributed by atoms with Gasteiger partial charge in [0, 0.05) is 6.54 Å². The van der Waals surface area contributed by atoms with Crippen molar-refractivity contribution in [1.82, 2.24) is 4.98 Å². The predicted molar refractivity (Wildman–Crippen MR) is 81.5 cm³/mol. The number of nitrogens with two attached hydrogens (primary N) is 1. The van der Waals surface area contributed by atoms with Crippen molar-refractivity contribution in [3.63, 3.8) is 0 Å². The van der Waals surface area contributed by atoms with Gasteiger partial charge in [-0.2, -0.15) is 0 Å². The average molecular weight is 290 g/mol. The van der Waals surface area contributed by atoms with Crippen LogP contribution in [0.2, 0.25) is 0 Å². The molecule has 2 heterocycles. The summed E-state index contributed by atoms with van der Waals surface area (Å²) in [7, 11) is -0.483. The summed E-state index contributed by atoms with van der Waals surface area (Å²) in [6.07, 6.45) is 4.33. The Morgan fingerprint density at radius 3 is 2.43 bits per heavy atom. The molecule has 5 nitrogen and oxygen atoms in total. The van der Waals surface area contributed by atoms with Gasteiger partial charge in [0.2, 0.25) is 0 Å². The van der Waals surface area contributed by atoms with Gasteiger partial charge in [0.15, 0.2) is 0 Å². The fourth-order valence-corrected chi connectivity index (χ4v) is 2.27. The normalized spacial score (nSPS) is 23.4. The van der Waals surface area contributed by atoms with Crippen LogP contribution in [0, 0.1) is 0 Å². The van der Waals surface area contributed by atoms with E-state index in [-0.39, 0.29) is 11.2 Å². The van der Waals surface area contributed by atoms with Crippen molar-refractivity contribution in [1.29, 1.82) is 0 Å². The van der Waals surface area contributed by atoms with E-state index in [0.717, 1.165) is 29.7 Å². The molecule has 1 aliphatic carbocycles. The maximum atomic E-state index is 6.04. The zero-order valence-electron chi connectivity index (χ0n) is 13.2. The first-order valence-corrected chi connectivity index (χ1v) is 7.53. The van der Waals surface area contributed by atoms with Crippen molar-refractivity contribution in [3.8, 4) is 5.75 Å². The summed E-state index contributed by atoms with van der Waals surface area (Å²) in [5.41, 5.74) is 6.76. The topological polar surface area (TPSA) is 66.6 Å². The molecule has 3 rings (SSSR count). The third kappa shape index (κ3) is 2.80. The molecular weight excluding hydrogens is 267 g/mol. The molecule has 1 aliphatic heterocycles. The van der Waals surface area contributed by atoms with Crippen LogP contribution in [0.1, 0.15) is 46.1 Å². The van der Waals surface area contributed by atoms with Crippen molar-refractivity contribution in [3.05, 3.63) is 17.8 Å². The highest BCUT2D eigenvalue weighted by Crippen LogP contribution is 2.36. The molecule has 2 aliphatic rings. The van der Waals surface area contributed by atoms with Gasteiger partial charge in [0.25, 0.3) is 0 Å². The first-order chi connectivity index (χ1) is 9.82. The second-order valence-corrected chi connectivity index (χ2v) is 6.82. The molecule has 2 fully saturated rings. The lowest BCUT2D eigenvalue weighted by molar-refractivity contribution is 0.00578. The van der Waals surface area contributed by atoms with Gasteiger partial charge in [-0.3, -0.25) is 4.98 Å². The average Bonchev–Trinajstić information content (AvgIpc) is 3.17. The third-order valence-electron chi connectivity index (χ3n) is 4.50. The summed E-state index contributed by atoms with van der Waals surface area (Å²) in [5, 5.41) is 0. The van der Waals surface area contributed by atoms with Gasteiger partial charge in [-0.25, -0.2) is 0 Å². The van der Waals surface area contributed by atoms with Crippen molar-refractivity contribution >= 4 is 12.7 Å². The Labute approximate surface area is 126 Å². The molecular formula is C15H23BN2O3. The molecule has 0 amide bonds. The highest BCUT2D eigenvalue weighted by molar-refractivity contribution is 6.61. The lowest BCUT2D eigenvalue weighted by Gasteiger charge is -2.32. The smallest absolute Gasteiger partial charge is 0.489 e. The highest BCUT2D eigenvalue weighted by Gasteiger charge is 2.52. The van der Waals surface area contributed by atoms with E-state index < -0.39 is 7.12 Å². The van der Waals surface area contributed by atoms with Crippen LogP contribution in [-0.2, 0) is 15.9 Å². The SMILES string of the molecule is CC1(C)OB(c2ncc(OC3CC3)cc2CN)OC1(C)C. The van der Waals surface area contributed by atoms with Crippen LogP contribution in [0.4, 0.5) is 0 Å². The van der Waals surface area contributed by atoms with Gasteiger partial charge in [-0.15, -0.1) is 0 Å². The number of aromatic nitrogens is 1. The molecule has 0 unspecified atom stereocenters. The van der Waals surface area contributed by atoms with Gasteiger partial charge in [-0.1, -0.05) is 0 Å². The van der Waals surface area contributed by atoms with Crippen LogP contribution < -0.4 is 16.1 Å². The van der Waals surface area contributed by atoms with Crippen molar-refractivity contribution in [2.24, 2.45) is 5.73 Å². The first kappa shape index (κ1) is 14.8. The van der Waals surface area contributed by atoms with Gasteiger partial charge in [-0.05, 0) is 52.2 Å². The molecule has 1 aromatic heterocycles. The molecule has 0 atom stereocenters. The van der Waals surface area contributed by atoms with E-state index in [2.05, 4.69) is 4.98 Å². The lowest BCUT2D eigenvalue weighted by Crippen LogP contribution is -2.41. The maximum Gasteiger partial charge on any atom is 0.514 e. The molecule has 1 aromatic rings. The summed E-state index contributed by atoms with van der Waals surface area (Å²) in [6, 6.07) is 1.95. The van der Waals surface area contributed by atoms with Crippen LogP contribution in [-0.4, -0.2) is 29.4 Å². The van der Waals surface area contributed by atoms with Crippen LogP contribution in [0.25, 0.3) is 0 Å². The van der Waals surface area contributed by atoms with E-state index in [1.165, 1.54) is 0 Å². The Hall–Kier alpha value is -1.11. The number of pyridine rings is 1. The van der Waals surface area contributed by atoms with Gasteiger partial charge < -0.3 is 19.8 Å². The predicted octanol–water partition coefficient (Wildman–Crippen LogP) is 1.38. The number of nitrogens with zero attached hydrogens (tertiary/aromatic N) is 1. The fraction of sp³-hybridized carbons (Fsp3) is 0.667. The Balaban J connectivity index is 1.85. The minimum atomic E-state index is -0.483. The maximum absolute atomic E-state index is 6.04. The van der Waals surface area contributed by atoms with Gasteiger partial charge in [0.1, 0.15) is 5.75 Å². The summed E-state index contributed by atoms with van der Waals surface area (Å²) >= 11 is 0.